The Morgan fingerprint density at radius 3 is 2.30 bits per heavy atom. The van der Waals surface area contributed by atoms with E-state index in [1.165, 1.54) is 4.90 Å². The van der Waals surface area contributed by atoms with Crippen LogP contribution in [0.4, 0.5) is 5.69 Å². The van der Waals surface area contributed by atoms with Gasteiger partial charge in [0.15, 0.2) is 0 Å². The lowest BCUT2D eigenvalue weighted by Crippen LogP contribution is -2.34. The fourth-order valence-corrected chi connectivity index (χ4v) is 3.65. The quantitative estimate of drug-likeness (QED) is 0.380. The van der Waals surface area contributed by atoms with Gasteiger partial charge < -0.3 is 19.5 Å². The van der Waals surface area contributed by atoms with Gasteiger partial charge in [-0.2, -0.15) is 0 Å². The summed E-state index contributed by atoms with van der Waals surface area (Å²) in [7, 11) is 3.15. The Bertz CT molecular complexity index is 1010. The first kappa shape index (κ1) is 24.3. The first-order chi connectivity index (χ1) is 16.0. The highest BCUT2D eigenvalue weighted by Crippen LogP contribution is 2.34. The van der Waals surface area contributed by atoms with Crippen molar-refractivity contribution in [2.45, 2.75) is 33.1 Å². The summed E-state index contributed by atoms with van der Waals surface area (Å²) in [6, 6.07) is 12.8. The molecular weight excluding hydrogens is 420 g/mol. The van der Waals surface area contributed by atoms with Crippen LogP contribution in [0, 0.1) is 6.92 Å². The van der Waals surface area contributed by atoms with Crippen LogP contribution < -0.4 is 14.8 Å². The second-order valence-electron chi connectivity index (χ2n) is 7.89. The molecule has 0 fully saturated rings. The number of nitrogens with zero attached hydrogens (tertiary/aromatic N) is 1. The number of amides is 2. The number of hydrogen-bond donors (Lipinski definition) is 1. The number of imide groups is 1. The fraction of sp³-hybridized carbons (Fsp3) is 0.385. The summed E-state index contributed by atoms with van der Waals surface area (Å²) in [4.78, 5) is 28.0. The van der Waals surface area contributed by atoms with Gasteiger partial charge in [-0.3, -0.25) is 14.5 Å². The van der Waals surface area contributed by atoms with Crippen LogP contribution in [-0.4, -0.2) is 50.7 Å². The number of rotatable bonds is 12. The summed E-state index contributed by atoms with van der Waals surface area (Å²) in [6.07, 6.45) is 2.64. The Morgan fingerprint density at radius 2 is 1.64 bits per heavy atom. The van der Waals surface area contributed by atoms with E-state index in [2.05, 4.69) is 12.2 Å². The van der Waals surface area contributed by atoms with Gasteiger partial charge in [0.1, 0.15) is 17.2 Å². The molecule has 2 aromatic carbocycles. The molecule has 0 saturated carbocycles. The molecule has 7 heteroatoms. The minimum atomic E-state index is -0.358. The molecule has 0 saturated heterocycles. The minimum absolute atomic E-state index is 0.237. The normalized spacial score (nSPS) is 13.6. The number of unbranched alkanes of at least 4 members (excludes halogenated alkanes) is 1. The molecule has 7 nitrogen and oxygen atoms in total. The van der Waals surface area contributed by atoms with Gasteiger partial charge in [0, 0.05) is 19.8 Å². The number of carbonyl (C=O) groups is 2. The standard InChI is InChI=1S/C26H32N2O5/c1-5-6-15-33-16-7-14-28-25(29)23(19-9-11-20(31-3)12-10-19)24(26(28)30)27-21-17-18(2)8-13-22(21)32-4/h8-13,17,27H,5-7,14-16H2,1-4H3. The monoisotopic (exact) mass is 452 g/mol. The summed E-state index contributed by atoms with van der Waals surface area (Å²) >= 11 is 0. The van der Waals surface area contributed by atoms with Gasteiger partial charge in [0.05, 0.1) is 25.5 Å². The average molecular weight is 453 g/mol. The highest BCUT2D eigenvalue weighted by atomic mass is 16.5. The molecule has 2 aromatic rings. The van der Waals surface area contributed by atoms with E-state index in [1.807, 2.05) is 25.1 Å². The third-order valence-electron chi connectivity index (χ3n) is 5.47. The molecule has 0 spiro atoms. The van der Waals surface area contributed by atoms with Crippen molar-refractivity contribution in [1.29, 1.82) is 0 Å². The first-order valence-corrected chi connectivity index (χ1v) is 11.2. The van der Waals surface area contributed by atoms with Crippen LogP contribution in [0.5, 0.6) is 11.5 Å². The molecule has 33 heavy (non-hydrogen) atoms. The molecule has 0 aromatic heterocycles. The molecule has 0 radical (unpaired) electrons. The molecule has 0 aliphatic carbocycles. The van der Waals surface area contributed by atoms with Crippen molar-refractivity contribution in [3.8, 4) is 11.5 Å². The molecule has 176 valence electrons. The van der Waals surface area contributed by atoms with Crippen LogP contribution in [0.15, 0.2) is 48.2 Å². The number of carbonyl (C=O) groups excluding carboxylic acids is 2. The van der Waals surface area contributed by atoms with Crippen LogP contribution in [-0.2, 0) is 14.3 Å². The van der Waals surface area contributed by atoms with Crippen molar-refractivity contribution in [2.75, 3.05) is 39.3 Å². The molecule has 1 N–H and O–H groups in total. The van der Waals surface area contributed by atoms with E-state index in [1.54, 1.807) is 38.5 Å². The second-order valence-corrected chi connectivity index (χ2v) is 7.89. The predicted molar refractivity (Wildman–Crippen MR) is 128 cm³/mol. The van der Waals surface area contributed by atoms with Gasteiger partial charge in [-0.05, 0) is 55.2 Å². The smallest absolute Gasteiger partial charge is 0.278 e. The fourth-order valence-electron chi connectivity index (χ4n) is 3.65. The summed E-state index contributed by atoms with van der Waals surface area (Å²) < 4.78 is 16.3. The SMILES string of the molecule is CCCCOCCCN1C(=O)C(Nc2cc(C)ccc2OC)=C(c2ccc(OC)cc2)C1=O. The van der Waals surface area contributed by atoms with E-state index in [0.29, 0.717) is 54.5 Å². The first-order valence-electron chi connectivity index (χ1n) is 11.2. The van der Waals surface area contributed by atoms with Crippen LogP contribution in [0.25, 0.3) is 5.57 Å². The van der Waals surface area contributed by atoms with Crippen molar-refractivity contribution in [3.63, 3.8) is 0 Å². The summed E-state index contributed by atoms with van der Waals surface area (Å²) in [5, 5.41) is 3.19. The van der Waals surface area contributed by atoms with E-state index in [-0.39, 0.29) is 17.5 Å². The largest absolute Gasteiger partial charge is 0.497 e. The zero-order valence-corrected chi connectivity index (χ0v) is 19.8. The molecule has 1 aliphatic heterocycles. The molecule has 1 heterocycles. The Labute approximate surface area is 195 Å². The summed E-state index contributed by atoms with van der Waals surface area (Å²) in [5.74, 6) is 0.577. The zero-order valence-electron chi connectivity index (χ0n) is 19.8. The van der Waals surface area contributed by atoms with Crippen LogP contribution in [0.1, 0.15) is 37.3 Å². The van der Waals surface area contributed by atoms with Gasteiger partial charge in [-0.15, -0.1) is 0 Å². The third-order valence-corrected chi connectivity index (χ3v) is 5.47. The lowest BCUT2D eigenvalue weighted by atomic mass is 10.0. The molecule has 0 unspecified atom stereocenters. The number of hydrogen-bond acceptors (Lipinski definition) is 6. The maximum Gasteiger partial charge on any atom is 0.278 e. The van der Waals surface area contributed by atoms with Crippen LogP contribution >= 0.6 is 0 Å². The number of methoxy groups -OCH3 is 2. The maximum absolute atomic E-state index is 13.4. The molecule has 3 rings (SSSR count). The highest BCUT2D eigenvalue weighted by Gasteiger charge is 2.39. The van der Waals surface area contributed by atoms with Crippen molar-refractivity contribution in [3.05, 3.63) is 59.3 Å². The van der Waals surface area contributed by atoms with Crippen LogP contribution in [0.3, 0.4) is 0 Å². The lowest BCUT2D eigenvalue weighted by Gasteiger charge is -2.16. The van der Waals surface area contributed by atoms with Crippen molar-refractivity contribution in [2.24, 2.45) is 0 Å². The van der Waals surface area contributed by atoms with E-state index >= 15 is 0 Å². The second kappa shape index (κ2) is 11.5. The topological polar surface area (TPSA) is 77.1 Å². The number of ether oxygens (including phenoxy) is 3. The molecular formula is C26H32N2O5. The van der Waals surface area contributed by atoms with Gasteiger partial charge in [-0.25, -0.2) is 0 Å². The summed E-state index contributed by atoms with van der Waals surface area (Å²) in [5.41, 5.74) is 2.84. The number of nitrogens with one attached hydrogen (secondary N) is 1. The number of benzene rings is 2. The number of anilines is 1. The number of aryl methyl sites for hydroxylation is 1. The molecule has 0 atom stereocenters. The molecule has 0 bridgehead atoms. The van der Waals surface area contributed by atoms with E-state index in [4.69, 9.17) is 14.2 Å². The third kappa shape index (κ3) is 5.73. The van der Waals surface area contributed by atoms with Crippen molar-refractivity contribution in [1.82, 2.24) is 4.90 Å². The van der Waals surface area contributed by atoms with E-state index < -0.39 is 0 Å². The molecule has 2 amide bonds. The van der Waals surface area contributed by atoms with Gasteiger partial charge in [0.2, 0.25) is 0 Å². The Balaban J connectivity index is 1.89. The predicted octanol–water partition coefficient (Wildman–Crippen LogP) is 4.41. The van der Waals surface area contributed by atoms with E-state index in [0.717, 1.165) is 18.4 Å². The Morgan fingerprint density at radius 1 is 0.909 bits per heavy atom. The molecule has 1 aliphatic rings. The average Bonchev–Trinajstić information content (AvgIpc) is 3.05. The Hall–Kier alpha value is -3.32. The highest BCUT2D eigenvalue weighted by molar-refractivity contribution is 6.36. The minimum Gasteiger partial charge on any atom is -0.497 e. The van der Waals surface area contributed by atoms with Crippen molar-refractivity contribution >= 4 is 23.1 Å². The van der Waals surface area contributed by atoms with E-state index in [9.17, 15) is 9.59 Å². The maximum atomic E-state index is 13.4. The zero-order chi connectivity index (χ0) is 23.8. The van der Waals surface area contributed by atoms with Crippen LogP contribution in [0.2, 0.25) is 0 Å². The van der Waals surface area contributed by atoms with Gasteiger partial charge in [0.25, 0.3) is 11.8 Å². The lowest BCUT2D eigenvalue weighted by molar-refractivity contribution is -0.137. The van der Waals surface area contributed by atoms with Gasteiger partial charge in [-0.1, -0.05) is 31.5 Å². The summed E-state index contributed by atoms with van der Waals surface area (Å²) in [6.45, 7) is 5.54. The van der Waals surface area contributed by atoms with Gasteiger partial charge >= 0.3 is 0 Å². The van der Waals surface area contributed by atoms with Crippen molar-refractivity contribution < 1.29 is 23.8 Å². The Kier molecular flexibility index (Phi) is 8.49.